The number of pyridine rings is 1. The molecule has 1 aliphatic rings. The number of aromatic carboxylic acids is 1. The summed E-state index contributed by atoms with van der Waals surface area (Å²) in [6, 6.07) is 17.1. The van der Waals surface area contributed by atoms with E-state index in [1.54, 1.807) is 18.2 Å². The Morgan fingerprint density at radius 2 is 1.67 bits per heavy atom. The van der Waals surface area contributed by atoms with Crippen LogP contribution < -0.4 is 10.2 Å². The molecule has 1 heterocycles. The van der Waals surface area contributed by atoms with E-state index in [9.17, 15) is 4.79 Å². The molecule has 0 saturated heterocycles. The van der Waals surface area contributed by atoms with Gasteiger partial charge in [-0.1, -0.05) is 23.8 Å². The lowest BCUT2D eigenvalue weighted by Crippen LogP contribution is -2.11. The van der Waals surface area contributed by atoms with Gasteiger partial charge in [-0.25, -0.2) is 4.79 Å². The largest absolute Gasteiger partial charge is 0.478 e. The first-order valence-electron chi connectivity index (χ1n) is 10.3. The van der Waals surface area contributed by atoms with Crippen molar-refractivity contribution in [3.63, 3.8) is 0 Å². The molecule has 0 radical (unpaired) electrons. The SMILES string of the molecule is CNc1cnccc1C(=O)O.Cc1ccc(N(C)c2ccc3c(c2)CCCC3)cc1. The van der Waals surface area contributed by atoms with Crippen LogP contribution in [0.15, 0.2) is 60.9 Å². The molecular formula is C25H29N3O2. The number of anilines is 3. The number of aryl methyl sites for hydroxylation is 3. The van der Waals surface area contributed by atoms with Crippen molar-refractivity contribution in [2.75, 3.05) is 24.3 Å². The molecule has 30 heavy (non-hydrogen) atoms. The number of hydrogen-bond acceptors (Lipinski definition) is 4. The molecule has 2 N–H and O–H groups in total. The summed E-state index contributed by atoms with van der Waals surface area (Å²) >= 11 is 0. The highest BCUT2D eigenvalue weighted by Crippen LogP contribution is 2.29. The van der Waals surface area contributed by atoms with Crippen molar-refractivity contribution in [2.45, 2.75) is 32.6 Å². The van der Waals surface area contributed by atoms with Gasteiger partial charge in [-0.15, -0.1) is 0 Å². The molecule has 4 rings (SSSR count). The number of benzene rings is 2. The highest BCUT2D eigenvalue weighted by molar-refractivity contribution is 5.93. The molecule has 0 aliphatic heterocycles. The van der Waals surface area contributed by atoms with E-state index in [2.05, 4.69) is 71.6 Å². The minimum absolute atomic E-state index is 0.238. The fourth-order valence-electron chi connectivity index (χ4n) is 3.63. The van der Waals surface area contributed by atoms with Gasteiger partial charge in [0.05, 0.1) is 17.4 Å². The molecular weight excluding hydrogens is 374 g/mol. The summed E-state index contributed by atoms with van der Waals surface area (Å²) in [5.41, 5.74) is 7.71. The molecule has 0 bridgehead atoms. The van der Waals surface area contributed by atoms with E-state index in [-0.39, 0.29) is 5.56 Å². The predicted octanol–water partition coefficient (Wildman–Crippen LogP) is 5.46. The zero-order valence-electron chi connectivity index (χ0n) is 17.9. The van der Waals surface area contributed by atoms with Gasteiger partial charge in [-0.2, -0.15) is 0 Å². The molecule has 1 aliphatic carbocycles. The summed E-state index contributed by atoms with van der Waals surface area (Å²) in [7, 11) is 3.80. The van der Waals surface area contributed by atoms with Crippen molar-refractivity contribution >= 4 is 23.0 Å². The molecule has 5 nitrogen and oxygen atoms in total. The maximum absolute atomic E-state index is 10.5. The van der Waals surface area contributed by atoms with Gasteiger partial charge in [0.1, 0.15) is 0 Å². The van der Waals surface area contributed by atoms with Gasteiger partial charge >= 0.3 is 5.97 Å². The number of carbonyl (C=O) groups is 1. The Kier molecular flexibility index (Phi) is 7.07. The van der Waals surface area contributed by atoms with E-state index in [1.165, 1.54) is 61.1 Å². The standard InChI is InChI=1S/C18H21N.C7H8N2O2/c1-14-7-10-17(11-8-14)19(2)18-12-9-15-5-3-4-6-16(15)13-18;1-8-6-4-9-3-2-5(6)7(10)11/h7-13H,3-6H2,1-2H3;2-4,8H,1H3,(H,10,11). The zero-order chi connectivity index (χ0) is 21.5. The van der Waals surface area contributed by atoms with E-state index in [0.717, 1.165) is 0 Å². The monoisotopic (exact) mass is 403 g/mol. The molecule has 0 atom stereocenters. The Labute approximate surface area is 178 Å². The molecule has 0 fully saturated rings. The molecule has 2 aromatic carbocycles. The Morgan fingerprint density at radius 3 is 2.30 bits per heavy atom. The Morgan fingerprint density at radius 1 is 1.00 bits per heavy atom. The molecule has 0 unspecified atom stereocenters. The Bertz CT molecular complexity index is 1000. The minimum Gasteiger partial charge on any atom is -0.478 e. The lowest BCUT2D eigenvalue weighted by atomic mass is 9.91. The van der Waals surface area contributed by atoms with Crippen LogP contribution >= 0.6 is 0 Å². The second kappa shape index (κ2) is 9.92. The van der Waals surface area contributed by atoms with Crippen LogP contribution in [0, 0.1) is 6.92 Å². The topological polar surface area (TPSA) is 65.5 Å². The molecule has 0 amide bonds. The molecule has 3 aromatic rings. The normalized spacial score (nSPS) is 12.2. The smallest absolute Gasteiger partial charge is 0.337 e. The van der Waals surface area contributed by atoms with Crippen molar-refractivity contribution in [1.82, 2.24) is 4.98 Å². The summed E-state index contributed by atoms with van der Waals surface area (Å²) in [6.07, 6.45) is 8.10. The average molecular weight is 404 g/mol. The number of fused-ring (bicyclic) bond motifs is 1. The van der Waals surface area contributed by atoms with Crippen LogP contribution in [-0.2, 0) is 12.8 Å². The highest BCUT2D eigenvalue weighted by atomic mass is 16.4. The first kappa shape index (κ1) is 21.4. The van der Waals surface area contributed by atoms with Gasteiger partial charge in [-0.05, 0) is 74.1 Å². The van der Waals surface area contributed by atoms with Gasteiger partial charge in [-0.3, -0.25) is 4.98 Å². The molecule has 1 aromatic heterocycles. The number of carboxylic acids is 1. The number of rotatable bonds is 4. The first-order valence-corrected chi connectivity index (χ1v) is 10.3. The van der Waals surface area contributed by atoms with Crippen LogP contribution in [0.25, 0.3) is 0 Å². The van der Waals surface area contributed by atoms with Gasteiger partial charge in [0, 0.05) is 31.7 Å². The van der Waals surface area contributed by atoms with Crippen LogP contribution in [0.5, 0.6) is 0 Å². The molecule has 5 heteroatoms. The van der Waals surface area contributed by atoms with Crippen molar-refractivity contribution in [3.05, 3.63) is 83.2 Å². The Balaban J connectivity index is 0.000000199. The van der Waals surface area contributed by atoms with Gasteiger partial charge in [0.15, 0.2) is 0 Å². The van der Waals surface area contributed by atoms with E-state index < -0.39 is 5.97 Å². The number of hydrogen-bond donors (Lipinski definition) is 2. The van der Waals surface area contributed by atoms with E-state index >= 15 is 0 Å². The number of carboxylic acid groups (broad SMARTS) is 1. The number of nitrogens with zero attached hydrogens (tertiary/aromatic N) is 2. The maximum Gasteiger partial charge on any atom is 0.337 e. The van der Waals surface area contributed by atoms with Crippen molar-refractivity contribution in [3.8, 4) is 0 Å². The number of nitrogens with one attached hydrogen (secondary N) is 1. The van der Waals surface area contributed by atoms with Crippen molar-refractivity contribution in [2.24, 2.45) is 0 Å². The van der Waals surface area contributed by atoms with E-state index in [0.29, 0.717) is 5.69 Å². The second-order valence-corrected chi connectivity index (χ2v) is 7.53. The first-order chi connectivity index (χ1) is 14.5. The van der Waals surface area contributed by atoms with Crippen molar-refractivity contribution < 1.29 is 9.90 Å². The van der Waals surface area contributed by atoms with E-state index in [4.69, 9.17) is 5.11 Å². The summed E-state index contributed by atoms with van der Waals surface area (Å²) in [6.45, 7) is 2.13. The molecule has 0 spiro atoms. The second-order valence-electron chi connectivity index (χ2n) is 7.53. The summed E-state index contributed by atoms with van der Waals surface area (Å²) in [4.78, 5) is 16.6. The third kappa shape index (κ3) is 5.17. The fraction of sp³-hybridized carbons (Fsp3) is 0.280. The predicted molar refractivity (Wildman–Crippen MR) is 123 cm³/mol. The molecule has 0 saturated carbocycles. The fourth-order valence-corrected chi connectivity index (χ4v) is 3.63. The van der Waals surface area contributed by atoms with Crippen LogP contribution in [0.1, 0.15) is 39.9 Å². The Hall–Kier alpha value is -3.34. The lowest BCUT2D eigenvalue weighted by molar-refractivity contribution is 0.0698. The van der Waals surface area contributed by atoms with Gasteiger partial charge in [0.2, 0.25) is 0 Å². The number of aromatic nitrogens is 1. The maximum atomic E-state index is 10.5. The van der Waals surface area contributed by atoms with Crippen molar-refractivity contribution in [1.29, 1.82) is 0 Å². The van der Waals surface area contributed by atoms with Crippen LogP contribution in [0.2, 0.25) is 0 Å². The summed E-state index contributed by atoms with van der Waals surface area (Å²) in [5, 5.41) is 11.4. The average Bonchev–Trinajstić information content (AvgIpc) is 2.79. The van der Waals surface area contributed by atoms with Crippen LogP contribution in [0.4, 0.5) is 17.1 Å². The van der Waals surface area contributed by atoms with E-state index in [1.807, 2.05) is 0 Å². The molecule has 156 valence electrons. The minimum atomic E-state index is -0.947. The summed E-state index contributed by atoms with van der Waals surface area (Å²) in [5.74, 6) is -0.947. The van der Waals surface area contributed by atoms with Gasteiger partial charge in [0.25, 0.3) is 0 Å². The zero-order valence-corrected chi connectivity index (χ0v) is 17.9. The van der Waals surface area contributed by atoms with Crippen LogP contribution in [0.3, 0.4) is 0 Å². The third-order valence-electron chi connectivity index (χ3n) is 5.46. The quantitative estimate of drug-likeness (QED) is 0.605. The highest BCUT2D eigenvalue weighted by Gasteiger charge is 2.11. The van der Waals surface area contributed by atoms with Gasteiger partial charge < -0.3 is 15.3 Å². The third-order valence-corrected chi connectivity index (χ3v) is 5.46. The van der Waals surface area contributed by atoms with Crippen LogP contribution in [-0.4, -0.2) is 30.2 Å². The lowest BCUT2D eigenvalue weighted by Gasteiger charge is -2.23. The summed E-state index contributed by atoms with van der Waals surface area (Å²) < 4.78 is 0.